The van der Waals surface area contributed by atoms with E-state index in [9.17, 15) is 4.79 Å². The topological polar surface area (TPSA) is 36.0 Å². The molecule has 0 unspecified atom stereocenters. The van der Waals surface area contributed by atoms with Gasteiger partial charge >= 0.3 is 6.09 Å². The molecular formula is C21H29N3O2S. The molecule has 3 heterocycles. The molecule has 2 aliphatic rings. The van der Waals surface area contributed by atoms with E-state index in [1.54, 1.807) is 0 Å². The average Bonchev–Trinajstić information content (AvgIpc) is 3.24. The number of rotatable bonds is 6. The van der Waals surface area contributed by atoms with Gasteiger partial charge in [-0.1, -0.05) is 6.07 Å². The molecule has 0 spiro atoms. The summed E-state index contributed by atoms with van der Waals surface area (Å²) in [5, 5.41) is 3.57. The van der Waals surface area contributed by atoms with Crippen LogP contribution in [0.4, 0.5) is 10.5 Å². The number of hydrogen-bond donors (Lipinski definition) is 0. The van der Waals surface area contributed by atoms with Crippen LogP contribution in [0.25, 0.3) is 10.1 Å². The zero-order valence-electron chi connectivity index (χ0n) is 16.3. The Hall–Kier alpha value is -1.79. The van der Waals surface area contributed by atoms with Gasteiger partial charge in [0.05, 0.1) is 5.54 Å². The fourth-order valence-corrected chi connectivity index (χ4v) is 4.91. The van der Waals surface area contributed by atoms with Gasteiger partial charge in [0.2, 0.25) is 0 Å². The van der Waals surface area contributed by atoms with Crippen LogP contribution in [0, 0.1) is 0 Å². The Morgan fingerprint density at radius 3 is 2.59 bits per heavy atom. The van der Waals surface area contributed by atoms with Crippen LogP contribution >= 0.6 is 11.3 Å². The van der Waals surface area contributed by atoms with Crippen LogP contribution in [-0.2, 0) is 4.74 Å². The summed E-state index contributed by atoms with van der Waals surface area (Å²) in [6.45, 7) is 10.9. The van der Waals surface area contributed by atoms with E-state index in [0.29, 0.717) is 6.61 Å². The summed E-state index contributed by atoms with van der Waals surface area (Å²) in [4.78, 5) is 18.8. The molecule has 27 heavy (non-hydrogen) atoms. The van der Waals surface area contributed by atoms with E-state index >= 15 is 0 Å². The van der Waals surface area contributed by atoms with Crippen molar-refractivity contribution in [3.63, 3.8) is 0 Å². The van der Waals surface area contributed by atoms with Crippen LogP contribution in [0.5, 0.6) is 0 Å². The van der Waals surface area contributed by atoms with Crippen molar-refractivity contribution < 1.29 is 9.53 Å². The number of hydrogen-bond acceptors (Lipinski definition) is 5. The van der Waals surface area contributed by atoms with Crippen LogP contribution in [0.15, 0.2) is 29.6 Å². The molecule has 0 radical (unpaired) electrons. The number of piperazine rings is 1. The first-order valence-electron chi connectivity index (χ1n) is 9.92. The van der Waals surface area contributed by atoms with Gasteiger partial charge in [-0.3, -0.25) is 9.80 Å². The summed E-state index contributed by atoms with van der Waals surface area (Å²) in [5.74, 6) is 0. The third-order valence-electron chi connectivity index (χ3n) is 5.79. The van der Waals surface area contributed by atoms with Gasteiger partial charge < -0.3 is 9.64 Å². The molecule has 2 fully saturated rings. The maximum Gasteiger partial charge on any atom is 0.410 e. The molecule has 2 saturated heterocycles. The van der Waals surface area contributed by atoms with Crippen LogP contribution in [-0.4, -0.2) is 67.3 Å². The Balaban J connectivity index is 1.22. The maximum absolute atomic E-state index is 11.8. The normalized spacial score (nSPS) is 20.4. The molecule has 2 aliphatic heterocycles. The zero-order chi connectivity index (χ0) is 18.9. The minimum absolute atomic E-state index is 0.156. The Morgan fingerprint density at radius 2 is 1.85 bits per heavy atom. The summed E-state index contributed by atoms with van der Waals surface area (Å²) in [6.07, 6.45) is 2.00. The number of nitrogens with zero attached hydrogens (tertiary/aromatic N) is 3. The lowest BCUT2D eigenvalue weighted by molar-refractivity contribution is 0.153. The number of anilines is 1. The molecule has 2 aromatic rings. The van der Waals surface area contributed by atoms with Crippen molar-refractivity contribution >= 4 is 33.2 Å². The van der Waals surface area contributed by atoms with E-state index in [-0.39, 0.29) is 11.6 Å². The van der Waals surface area contributed by atoms with Gasteiger partial charge in [-0.05, 0) is 56.8 Å². The van der Waals surface area contributed by atoms with Gasteiger partial charge in [0.1, 0.15) is 6.61 Å². The first kappa shape index (κ1) is 18.6. The molecule has 4 rings (SSSR count). The smallest absolute Gasteiger partial charge is 0.410 e. The Labute approximate surface area is 165 Å². The van der Waals surface area contributed by atoms with Crippen LogP contribution < -0.4 is 4.90 Å². The molecule has 0 atom stereocenters. The van der Waals surface area contributed by atoms with Crippen molar-refractivity contribution in [2.45, 2.75) is 32.2 Å². The predicted molar refractivity (Wildman–Crippen MR) is 112 cm³/mol. The maximum atomic E-state index is 11.8. The molecule has 0 aliphatic carbocycles. The summed E-state index contributed by atoms with van der Waals surface area (Å²) >= 11 is 1.82. The molecule has 0 saturated carbocycles. The highest BCUT2D eigenvalue weighted by Crippen LogP contribution is 2.31. The third-order valence-corrected chi connectivity index (χ3v) is 6.67. The number of carbonyl (C=O) groups excluding carboxylic acids is 1. The molecule has 146 valence electrons. The second-order valence-corrected chi connectivity index (χ2v) is 9.11. The fraction of sp³-hybridized carbons (Fsp3) is 0.571. The number of cyclic esters (lactones) is 1. The van der Waals surface area contributed by atoms with E-state index < -0.39 is 0 Å². The highest BCUT2D eigenvalue weighted by molar-refractivity contribution is 7.17. The molecule has 0 N–H and O–H groups in total. The Bertz CT molecular complexity index is 796. The number of amides is 1. The predicted octanol–water partition coefficient (Wildman–Crippen LogP) is 4.03. The second-order valence-electron chi connectivity index (χ2n) is 8.16. The summed E-state index contributed by atoms with van der Waals surface area (Å²) in [6, 6.07) is 8.87. The quantitative estimate of drug-likeness (QED) is 0.701. The SMILES string of the molecule is CC1(C)COC(=O)N1CCCCN1CCN(c2cccc3sccc23)CC1. The van der Waals surface area contributed by atoms with E-state index in [1.165, 1.54) is 15.8 Å². The van der Waals surface area contributed by atoms with Crippen molar-refractivity contribution in [3.8, 4) is 0 Å². The number of benzene rings is 1. The molecule has 1 aromatic heterocycles. The summed E-state index contributed by atoms with van der Waals surface area (Å²) in [7, 11) is 0. The average molecular weight is 388 g/mol. The van der Waals surface area contributed by atoms with Crippen LogP contribution in [0.3, 0.4) is 0 Å². The first-order chi connectivity index (χ1) is 13.0. The lowest BCUT2D eigenvalue weighted by Gasteiger charge is -2.36. The lowest BCUT2D eigenvalue weighted by Crippen LogP contribution is -2.47. The van der Waals surface area contributed by atoms with E-state index in [1.807, 2.05) is 16.2 Å². The molecule has 6 heteroatoms. The highest BCUT2D eigenvalue weighted by atomic mass is 32.1. The number of unbranched alkanes of at least 4 members (excludes halogenated alkanes) is 1. The molecule has 1 aromatic carbocycles. The van der Waals surface area contributed by atoms with Gasteiger partial charge in [-0.15, -0.1) is 11.3 Å². The van der Waals surface area contributed by atoms with Gasteiger partial charge in [0.15, 0.2) is 0 Å². The lowest BCUT2D eigenvalue weighted by atomic mass is 10.1. The van der Waals surface area contributed by atoms with Crippen LogP contribution in [0.2, 0.25) is 0 Å². The van der Waals surface area contributed by atoms with Crippen molar-refractivity contribution in [2.24, 2.45) is 0 Å². The highest BCUT2D eigenvalue weighted by Gasteiger charge is 2.39. The molecule has 0 bridgehead atoms. The minimum Gasteiger partial charge on any atom is -0.447 e. The van der Waals surface area contributed by atoms with Crippen molar-refractivity contribution in [3.05, 3.63) is 29.6 Å². The Kier molecular flexibility index (Phi) is 5.28. The van der Waals surface area contributed by atoms with Crippen LogP contribution in [0.1, 0.15) is 26.7 Å². The summed E-state index contributed by atoms with van der Waals surface area (Å²) in [5.41, 5.74) is 1.22. The van der Waals surface area contributed by atoms with Gasteiger partial charge in [0, 0.05) is 48.5 Å². The largest absolute Gasteiger partial charge is 0.447 e. The van der Waals surface area contributed by atoms with E-state index in [2.05, 4.69) is 53.3 Å². The monoisotopic (exact) mass is 387 g/mol. The molecule has 1 amide bonds. The molecule has 5 nitrogen and oxygen atoms in total. The van der Waals surface area contributed by atoms with Gasteiger partial charge in [0.25, 0.3) is 0 Å². The Morgan fingerprint density at radius 1 is 1.07 bits per heavy atom. The summed E-state index contributed by atoms with van der Waals surface area (Å²) < 4.78 is 6.55. The van der Waals surface area contributed by atoms with Crippen molar-refractivity contribution in [1.29, 1.82) is 0 Å². The number of ether oxygens (including phenoxy) is 1. The minimum atomic E-state index is -0.161. The standard InChI is InChI=1S/C21H29N3O2S/c1-21(2)16-26-20(25)24(21)10-4-3-9-22-11-13-23(14-12-22)18-6-5-7-19-17(18)8-15-27-19/h5-8,15H,3-4,9-14,16H2,1-2H3. The first-order valence-corrected chi connectivity index (χ1v) is 10.8. The number of carbonyl (C=O) groups is 1. The zero-order valence-corrected chi connectivity index (χ0v) is 17.1. The van der Waals surface area contributed by atoms with Gasteiger partial charge in [-0.2, -0.15) is 0 Å². The second kappa shape index (κ2) is 7.68. The number of thiophene rings is 1. The van der Waals surface area contributed by atoms with E-state index in [4.69, 9.17) is 4.74 Å². The van der Waals surface area contributed by atoms with Gasteiger partial charge in [-0.25, -0.2) is 4.79 Å². The van der Waals surface area contributed by atoms with Crippen molar-refractivity contribution in [2.75, 3.05) is 50.8 Å². The number of fused-ring (bicyclic) bond motifs is 1. The van der Waals surface area contributed by atoms with Crippen molar-refractivity contribution in [1.82, 2.24) is 9.80 Å². The fourth-order valence-electron chi connectivity index (χ4n) is 4.11. The van der Waals surface area contributed by atoms with E-state index in [0.717, 1.165) is 52.1 Å². The molecular weight excluding hydrogens is 358 g/mol. The third kappa shape index (κ3) is 3.92.